The number of hydrogen-bond donors (Lipinski definition) is 1. The zero-order valence-electron chi connectivity index (χ0n) is 18.3. The zero-order chi connectivity index (χ0) is 24.3. The van der Waals surface area contributed by atoms with Crippen molar-refractivity contribution in [2.45, 2.75) is 12.0 Å². The lowest BCUT2D eigenvalue weighted by atomic mass is 9.64. The van der Waals surface area contributed by atoms with E-state index < -0.39 is 22.9 Å². The summed E-state index contributed by atoms with van der Waals surface area (Å²) in [4.78, 5) is 43.3. The molecule has 3 aliphatic rings. The fraction of sp³-hybridized carbons (Fsp3) is 0.0714. The van der Waals surface area contributed by atoms with Gasteiger partial charge >= 0.3 is 0 Å². The summed E-state index contributed by atoms with van der Waals surface area (Å²) in [5.74, 6) is -2.30. The molecule has 0 bridgehead atoms. The van der Waals surface area contributed by atoms with Crippen molar-refractivity contribution in [1.82, 2.24) is 0 Å². The van der Waals surface area contributed by atoms with E-state index in [1.807, 2.05) is 36.4 Å². The summed E-state index contributed by atoms with van der Waals surface area (Å²) in [6, 6.07) is 24.7. The molecule has 0 saturated carbocycles. The maximum absolute atomic E-state index is 14.4. The second kappa shape index (κ2) is 7.27. The fourth-order valence-electron chi connectivity index (χ4n) is 5.26. The first-order chi connectivity index (χ1) is 17.0. The average molecular weight is 459 g/mol. The number of amides is 1. The van der Waals surface area contributed by atoms with E-state index in [1.165, 1.54) is 17.0 Å². The molecule has 7 nitrogen and oxygen atoms in total. The lowest BCUT2D eigenvalue weighted by molar-refractivity contribution is -0.121. The number of ketones is 2. The Hall–Kier alpha value is -4.96. The van der Waals surface area contributed by atoms with E-state index in [4.69, 9.17) is 10.5 Å². The maximum Gasteiger partial charge on any atom is 0.248 e. The number of rotatable bonds is 2. The van der Waals surface area contributed by atoms with Crippen LogP contribution >= 0.6 is 0 Å². The third-order valence-electron chi connectivity index (χ3n) is 6.75. The van der Waals surface area contributed by atoms with Gasteiger partial charge < -0.3 is 15.4 Å². The van der Waals surface area contributed by atoms with Gasteiger partial charge in [-0.3, -0.25) is 14.4 Å². The highest BCUT2D eigenvalue weighted by atomic mass is 16.5. The quantitative estimate of drug-likeness (QED) is 0.627. The van der Waals surface area contributed by atoms with Gasteiger partial charge in [0.2, 0.25) is 17.6 Å². The lowest BCUT2D eigenvalue weighted by Crippen LogP contribution is -2.50. The first-order valence-corrected chi connectivity index (χ1v) is 11.0. The predicted molar refractivity (Wildman–Crippen MR) is 126 cm³/mol. The van der Waals surface area contributed by atoms with Gasteiger partial charge in [0.05, 0.1) is 12.1 Å². The highest BCUT2D eigenvalue weighted by Crippen LogP contribution is 2.56. The molecule has 1 spiro atoms. The van der Waals surface area contributed by atoms with Gasteiger partial charge in [-0.1, -0.05) is 72.8 Å². The third-order valence-corrected chi connectivity index (χ3v) is 6.75. The average Bonchev–Trinajstić information content (AvgIpc) is 3.11. The van der Waals surface area contributed by atoms with Gasteiger partial charge in [-0.05, 0) is 11.6 Å². The smallest absolute Gasteiger partial charge is 0.248 e. The van der Waals surface area contributed by atoms with Crippen LogP contribution in [0.5, 0.6) is 0 Å². The van der Waals surface area contributed by atoms with E-state index in [0.29, 0.717) is 11.3 Å². The highest BCUT2D eigenvalue weighted by Gasteiger charge is 2.63. The number of benzene rings is 3. The number of hydrogen-bond acceptors (Lipinski definition) is 6. The van der Waals surface area contributed by atoms with Crippen LogP contribution in [0.2, 0.25) is 0 Å². The topological polar surface area (TPSA) is 113 Å². The third kappa shape index (κ3) is 2.56. The fourth-order valence-corrected chi connectivity index (χ4v) is 5.26. The minimum absolute atomic E-state index is 0.156. The number of nitrogens with zero attached hydrogens (tertiary/aromatic N) is 2. The summed E-state index contributed by atoms with van der Waals surface area (Å²) < 4.78 is 5.61. The second-order valence-electron chi connectivity index (χ2n) is 8.51. The highest BCUT2D eigenvalue weighted by molar-refractivity contribution is 6.32. The van der Waals surface area contributed by atoms with Crippen molar-refractivity contribution in [1.29, 1.82) is 5.26 Å². The van der Waals surface area contributed by atoms with Crippen LogP contribution in [0.1, 0.15) is 31.8 Å². The molecule has 7 heteroatoms. The Balaban J connectivity index is 1.66. The molecule has 35 heavy (non-hydrogen) atoms. The molecule has 1 amide bonds. The van der Waals surface area contributed by atoms with Crippen LogP contribution in [0, 0.1) is 11.3 Å². The molecule has 168 valence electrons. The van der Waals surface area contributed by atoms with E-state index in [0.717, 1.165) is 5.56 Å². The normalized spacial score (nSPS) is 20.4. The number of ether oxygens (including phenoxy) is 1. The molecule has 0 aromatic heterocycles. The van der Waals surface area contributed by atoms with Crippen LogP contribution in [-0.2, 0) is 21.5 Å². The van der Waals surface area contributed by atoms with Crippen LogP contribution in [-0.4, -0.2) is 17.5 Å². The first kappa shape index (κ1) is 20.6. The van der Waals surface area contributed by atoms with Gasteiger partial charge in [0, 0.05) is 22.4 Å². The van der Waals surface area contributed by atoms with Crippen molar-refractivity contribution in [3.8, 4) is 6.07 Å². The van der Waals surface area contributed by atoms with E-state index in [-0.39, 0.29) is 40.5 Å². The molecule has 3 aromatic carbocycles. The maximum atomic E-state index is 14.4. The van der Waals surface area contributed by atoms with Crippen molar-refractivity contribution in [2.75, 3.05) is 4.90 Å². The Labute approximate surface area is 200 Å². The van der Waals surface area contributed by atoms with Crippen LogP contribution in [0.15, 0.2) is 102 Å². The van der Waals surface area contributed by atoms with Crippen LogP contribution in [0.4, 0.5) is 5.69 Å². The van der Waals surface area contributed by atoms with Gasteiger partial charge in [0.1, 0.15) is 17.1 Å². The van der Waals surface area contributed by atoms with E-state index in [9.17, 15) is 19.6 Å². The number of para-hydroxylation sites is 1. The van der Waals surface area contributed by atoms with Crippen LogP contribution in [0.25, 0.3) is 0 Å². The Kier molecular flexibility index (Phi) is 4.29. The monoisotopic (exact) mass is 459 g/mol. The van der Waals surface area contributed by atoms with Crippen molar-refractivity contribution in [2.24, 2.45) is 5.73 Å². The lowest BCUT2D eigenvalue weighted by Gasteiger charge is -2.37. The summed E-state index contributed by atoms with van der Waals surface area (Å²) in [6.45, 7) is 0.208. The standard InChI is InChI=1S/C28H17N3O4/c29-14-20-26(30)35-25-22(23(32)17-10-4-5-11-18(17)24(25)33)28(20)19-12-6-7-13-21(19)31(27(28)34)15-16-8-2-1-3-9-16/h1-13H,15,30H2. The molecule has 1 unspecified atom stereocenters. The minimum atomic E-state index is -1.89. The SMILES string of the molecule is N#CC1=C(N)OC2=C(C(=O)c3ccccc3C2=O)C12C(=O)N(Cc1ccccc1)c1ccccc12. The molecule has 1 aliphatic carbocycles. The van der Waals surface area contributed by atoms with E-state index in [1.54, 1.807) is 36.4 Å². The molecule has 0 saturated heterocycles. The molecule has 0 fully saturated rings. The largest absolute Gasteiger partial charge is 0.436 e. The zero-order valence-corrected chi connectivity index (χ0v) is 18.3. The molecular weight excluding hydrogens is 442 g/mol. The van der Waals surface area contributed by atoms with Gasteiger partial charge in [-0.2, -0.15) is 5.26 Å². The second-order valence-corrected chi connectivity index (χ2v) is 8.51. The number of carbonyl (C=O) groups excluding carboxylic acids is 3. The Morgan fingerprint density at radius 3 is 2.20 bits per heavy atom. The molecule has 0 radical (unpaired) electrons. The number of allylic oxidation sites excluding steroid dienone is 1. The number of carbonyl (C=O) groups is 3. The van der Waals surface area contributed by atoms with E-state index in [2.05, 4.69) is 0 Å². The van der Waals surface area contributed by atoms with Gasteiger partial charge in [0.15, 0.2) is 11.5 Å². The predicted octanol–water partition coefficient (Wildman–Crippen LogP) is 3.53. The minimum Gasteiger partial charge on any atom is -0.436 e. The van der Waals surface area contributed by atoms with Crippen molar-refractivity contribution < 1.29 is 19.1 Å². The van der Waals surface area contributed by atoms with Crippen LogP contribution < -0.4 is 10.6 Å². The van der Waals surface area contributed by atoms with Crippen molar-refractivity contribution in [3.05, 3.63) is 124 Å². The van der Waals surface area contributed by atoms with E-state index >= 15 is 0 Å². The number of nitriles is 1. The molecule has 3 aromatic rings. The number of Topliss-reactive ketones (excluding diaryl/α,β-unsaturated/α-hetero) is 2. The molecular formula is C28H17N3O4. The molecule has 2 aliphatic heterocycles. The van der Waals surface area contributed by atoms with Crippen molar-refractivity contribution in [3.63, 3.8) is 0 Å². The first-order valence-electron chi connectivity index (χ1n) is 11.0. The van der Waals surface area contributed by atoms with Crippen LogP contribution in [0.3, 0.4) is 0 Å². The summed E-state index contributed by atoms with van der Waals surface area (Å²) >= 11 is 0. The summed E-state index contributed by atoms with van der Waals surface area (Å²) in [6.07, 6.45) is 0. The number of nitrogens with two attached hydrogens (primary N) is 1. The van der Waals surface area contributed by atoms with Crippen molar-refractivity contribution >= 4 is 23.2 Å². The van der Waals surface area contributed by atoms with Gasteiger partial charge in [0.25, 0.3) is 0 Å². The molecule has 1 atom stereocenters. The number of anilines is 1. The van der Waals surface area contributed by atoms with Gasteiger partial charge in [-0.25, -0.2) is 0 Å². The molecule has 2 heterocycles. The molecule has 2 N–H and O–H groups in total. The number of fused-ring (bicyclic) bond motifs is 4. The molecule has 6 rings (SSSR count). The van der Waals surface area contributed by atoms with Gasteiger partial charge in [-0.15, -0.1) is 0 Å². The summed E-state index contributed by atoms with van der Waals surface area (Å²) in [7, 11) is 0. The Morgan fingerprint density at radius 1 is 0.857 bits per heavy atom. The summed E-state index contributed by atoms with van der Waals surface area (Å²) in [5, 5.41) is 10.2. The Morgan fingerprint density at radius 2 is 1.49 bits per heavy atom. The summed E-state index contributed by atoms with van der Waals surface area (Å²) in [5.41, 5.74) is 6.04. The Bertz CT molecular complexity index is 1580.